The number of Topliss-reactive ketones (excluding diaryl/α,β-unsaturated/α-hetero) is 1. The molecule has 1 heterocycles. The predicted molar refractivity (Wildman–Crippen MR) is 159 cm³/mol. The van der Waals surface area contributed by atoms with Crippen molar-refractivity contribution in [1.82, 2.24) is 0 Å². The van der Waals surface area contributed by atoms with Gasteiger partial charge in [-0.3, -0.25) is 4.79 Å². The second-order valence-corrected chi connectivity index (χ2v) is 16.8. The number of hydrogen-bond donors (Lipinski definition) is 0. The van der Waals surface area contributed by atoms with Crippen LogP contribution in [0, 0.1) is 0 Å². The Morgan fingerprint density at radius 2 is 1.33 bits per heavy atom. The third kappa shape index (κ3) is 9.30. The van der Waals surface area contributed by atoms with E-state index >= 15 is 0 Å². The quantitative estimate of drug-likeness (QED) is 0.222. The first kappa shape index (κ1) is 33.6. The first-order valence-electron chi connectivity index (χ1n) is 14.2. The highest BCUT2D eigenvalue weighted by molar-refractivity contribution is 6.74. The van der Waals surface area contributed by atoms with Crippen molar-refractivity contribution in [2.45, 2.75) is 103 Å². The van der Waals surface area contributed by atoms with Crippen LogP contribution in [0.25, 0.3) is 0 Å². The summed E-state index contributed by atoms with van der Waals surface area (Å²) in [6.45, 7) is 12.0. The number of hydrogen-bond acceptors (Lipinski definition) is 9. The van der Waals surface area contributed by atoms with Crippen LogP contribution in [-0.2, 0) is 55.7 Å². The van der Waals surface area contributed by atoms with Gasteiger partial charge in [0, 0.05) is 6.42 Å². The lowest BCUT2D eigenvalue weighted by Gasteiger charge is -2.48. The summed E-state index contributed by atoms with van der Waals surface area (Å²) < 4.78 is 36.8. The van der Waals surface area contributed by atoms with E-state index in [-0.39, 0.29) is 36.9 Å². The first-order valence-corrected chi connectivity index (χ1v) is 17.1. The molecule has 1 saturated heterocycles. The van der Waals surface area contributed by atoms with E-state index in [0.29, 0.717) is 0 Å². The highest BCUT2D eigenvalue weighted by Gasteiger charge is 2.55. The van der Waals surface area contributed by atoms with Crippen LogP contribution < -0.4 is 0 Å². The van der Waals surface area contributed by atoms with Gasteiger partial charge < -0.3 is 32.9 Å². The number of methoxy groups -OCH3 is 1. The number of benzene rings is 2. The first-order chi connectivity index (χ1) is 19.8. The molecule has 0 aliphatic carbocycles. The van der Waals surface area contributed by atoms with Crippen LogP contribution in [0.4, 0.5) is 0 Å². The molecule has 0 bridgehead atoms. The molecule has 2 aromatic carbocycles. The Bertz CT molecular complexity index is 1160. The Kier molecular flexibility index (Phi) is 12.0. The lowest BCUT2D eigenvalue weighted by atomic mass is 9.97. The van der Waals surface area contributed by atoms with Gasteiger partial charge >= 0.3 is 11.9 Å². The van der Waals surface area contributed by atoms with E-state index in [4.69, 9.17) is 28.1 Å². The summed E-state index contributed by atoms with van der Waals surface area (Å²) in [7, 11) is -1.25. The number of carbonyl (C=O) groups is 3. The van der Waals surface area contributed by atoms with Crippen LogP contribution in [0.1, 0.15) is 51.7 Å². The minimum absolute atomic E-state index is 0.0361. The standard InChI is InChI=1S/C32H44O9Si/c1-22(33)18-19-25(34)39-29-27(38-21-24-16-12-9-13-17-24)26(37-20-23-14-10-8-11-15-23)28(30(35)36-5)40-31(29)41-42(6,7)32(2,3)4/h8-17,26-29,31H,18-21H2,1-7H3/t26-,27-,28+,29+,31+/m0/s1. The molecule has 230 valence electrons. The molecule has 42 heavy (non-hydrogen) atoms. The molecule has 0 saturated carbocycles. The molecule has 2 aromatic rings. The van der Waals surface area contributed by atoms with Crippen molar-refractivity contribution in [1.29, 1.82) is 0 Å². The van der Waals surface area contributed by atoms with Gasteiger partial charge in [-0.2, -0.15) is 0 Å². The monoisotopic (exact) mass is 600 g/mol. The van der Waals surface area contributed by atoms with E-state index in [0.717, 1.165) is 11.1 Å². The van der Waals surface area contributed by atoms with E-state index in [1.54, 1.807) is 0 Å². The molecule has 9 nitrogen and oxygen atoms in total. The second kappa shape index (κ2) is 15.0. The van der Waals surface area contributed by atoms with Crippen molar-refractivity contribution in [3.05, 3.63) is 71.8 Å². The van der Waals surface area contributed by atoms with Crippen LogP contribution in [0.3, 0.4) is 0 Å². The fourth-order valence-electron chi connectivity index (χ4n) is 4.20. The third-order valence-corrected chi connectivity index (χ3v) is 12.1. The molecule has 0 radical (unpaired) electrons. The summed E-state index contributed by atoms with van der Waals surface area (Å²) in [4.78, 5) is 37.8. The predicted octanol–water partition coefficient (Wildman–Crippen LogP) is 5.36. The van der Waals surface area contributed by atoms with Gasteiger partial charge in [-0.1, -0.05) is 81.4 Å². The van der Waals surface area contributed by atoms with Crippen molar-refractivity contribution < 1.29 is 42.5 Å². The van der Waals surface area contributed by atoms with Gasteiger partial charge in [0.1, 0.15) is 18.0 Å². The maximum atomic E-state index is 13.2. The van der Waals surface area contributed by atoms with Crippen molar-refractivity contribution in [2.75, 3.05) is 7.11 Å². The Balaban J connectivity index is 2.04. The number of rotatable bonds is 13. The third-order valence-electron chi connectivity index (χ3n) is 7.66. The van der Waals surface area contributed by atoms with E-state index in [9.17, 15) is 14.4 Å². The molecule has 1 aliphatic rings. The average Bonchev–Trinajstić information content (AvgIpc) is 2.95. The van der Waals surface area contributed by atoms with E-state index in [2.05, 4.69) is 20.8 Å². The fraction of sp³-hybridized carbons (Fsp3) is 0.531. The number of esters is 2. The Labute approximate surface area is 249 Å². The molecule has 0 amide bonds. The van der Waals surface area contributed by atoms with Crippen LogP contribution in [-0.4, -0.2) is 63.9 Å². The van der Waals surface area contributed by atoms with E-state index in [1.807, 2.05) is 73.8 Å². The number of ether oxygens (including phenoxy) is 5. The summed E-state index contributed by atoms with van der Waals surface area (Å²) in [6.07, 6.45) is -5.51. The van der Waals surface area contributed by atoms with Gasteiger partial charge in [0.05, 0.1) is 26.7 Å². The van der Waals surface area contributed by atoms with Gasteiger partial charge in [0.15, 0.2) is 26.8 Å². The van der Waals surface area contributed by atoms with Crippen LogP contribution in [0.15, 0.2) is 60.7 Å². The highest BCUT2D eigenvalue weighted by atomic mass is 28.4. The molecular formula is C32H44O9Si. The van der Waals surface area contributed by atoms with Gasteiger partial charge in [0.25, 0.3) is 0 Å². The van der Waals surface area contributed by atoms with Crippen molar-refractivity contribution in [3.8, 4) is 0 Å². The van der Waals surface area contributed by atoms with Crippen LogP contribution in [0.2, 0.25) is 18.1 Å². The van der Waals surface area contributed by atoms with Gasteiger partial charge in [-0.05, 0) is 36.2 Å². The fourth-order valence-corrected chi connectivity index (χ4v) is 5.32. The Morgan fingerprint density at radius 3 is 1.81 bits per heavy atom. The lowest BCUT2D eigenvalue weighted by molar-refractivity contribution is -0.297. The van der Waals surface area contributed by atoms with Gasteiger partial charge in [0.2, 0.25) is 0 Å². The molecule has 0 aromatic heterocycles. The minimum atomic E-state index is -2.52. The summed E-state index contributed by atoms with van der Waals surface area (Å²) in [6, 6.07) is 19.0. The normalized spacial score (nSPS) is 22.8. The highest BCUT2D eigenvalue weighted by Crippen LogP contribution is 2.40. The molecule has 0 spiro atoms. The maximum Gasteiger partial charge on any atom is 0.337 e. The van der Waals surface area contributed by atoms with Gasteiger partial charge in [-0.15, -0.1) is 0 Å². The molecule has 1 fully saturated rings. The molecule has 5 atom stereocenters. The van der Waals surface area contributed by atoms with Crippen molar-refractivity contribution in [3.63, 3.8) is 0 Å². The Morgan fingerprint density at radius 1 is 0.810 bits per heavy atom. The molecule has 0 unspecified atom stereocenters. The SMILES string of the molecule is COC(=O)[C@@H]1O[C@H](O[Si](C)(C)C(C)(C)C)[C@H](OC(=O)CCC(C)=O)[C@@H](OCc2ccccc2)[C@@H]1OCc1ccccc1. The van der Waals surface area contributed by atoms with Crippen molar-refractivity contribution >= 4 is 26.0 Å². The molecule has 0 N–H and O–H groups in total. The lowest BCUT2D eigenvalue weighted by Crippen LogP contribution is -2.65. The number of carbonyl (C=O) groups excluding carboxylic acids is 3. The Hall–Kier alpha value is -2.89. The topological polar surface area (TPSA) is 107 Å². The van der Waals surface area contributed by atoms with Gasteiger partial charge in [-0.25, -0.2) is 4.79 Å². The van der Waals surface area contributed by atoms with E-state index in [1.165, 1.54) is 14.0 Å². The van der Waals surface area contributed by atoms with Crippen LogP contribution >= 0.6 is 0 Å². The van der Waals surface area contributed by atoms with Crippen LogP contribution in [0.5, 0.6) is 0 Å². The summed E-state index contributed by atoms with van der Waals surface area (Å²) >= 11 is 0. The number of ketones is 1. The largest absolute Gasteiger partial charge is 0.467 e. The van der Waals surface area contributed by atoms with Crippen molar-refractivity contribution in [2.24, 2.45) is 0 Å². The zero-order valence-corrected chi connectivity index (χ0v) is 26.7. The zero-order valence-electron chi connectivity index (χ0n) is 25.7. The molecule has 10 heteroatoms. The summed E-state index contributed by atoms with van der Waals surface area (Å²) in [5.41, 5.74) is 1.75. The zero-order chi connectivity index (χ0) is 30.9. The summed E-state index contributed by atoms with van der Waals surface area (Å²) in [5.74, 6) is -1.39. The molecular weight excluding hydrogens is 556 g/mol. The second-order valence-electron chi connectivity index (χ2n) is 12.0. The maximum absolute atomic E-state index is 13.2. The minimum Gasteiger partial charge on any atom is -0.467 e. The molecule has 1 aliphatic heterocycles. The van der Waals surface area contributed by atoms with E-state index < -0.39 is 51.0 Å². The smallest absolute Gasteiger partial charge is 0.337 e. The average molecular weight is 601 g/mol. The summed E-state index contributed by atoms with van der Waals surface area (Å²) in [5, 5.41) is -0.221. The molecule has 3 rings (SSSR count).